The molecule has 138 valence electrons. The van der Waals surface area contributed by atoms with Crippen LogP contribution in [0.25, 0.3) is 0 Å². The average molecular weight is 362 g/mol. The van der Waals surface area contributed by atoms with E-state index in [-0.39, 0.29) is 5.91 Å². The largest absolute Gasteiger partial charge is 0.351 e. The summed E-state index contributed by atoms with van der Waals surface area (Å²) in [5, 5.41) is 5.37. The van der Waals surface area contributed by atoms with Gasteiger partial charge in [-0.1, -0.05) is 30.3 Å². The maximum atomic E-state index is 12.7. The van der Waals surface area contributed by atoms with E-state index in [2.05, 4.69) is 27.3 Å². The number of aromatic nitrogens is 1. The van der Waals surface area contributed by atoms with Crippen LogP contribution < -0.4 is 16.4 Å². The van der Waals surface area contributed by atoms with Crippen molar-refractivity contribution < 1.29 is 9.59 Å². The number of rotatable bonds is 5. The van der Waals surface area contributed by atoms with Gasteiger partial charge in [-0.3, -0.25) is 4.79 Å². The molecule has 0 aliphatic heterocycles. The number of benzene rings is 2. The molecule has 0 bridgehead atoms. The molecule has 0 spiro atoms. The molecule has 1 aromatic heterocycles. The Morgan fingerprint density at radius 2 is 1.52 bits per heavy atom. The number of carbonyl (C=O) groups excluding carboxylic acids is 2. The van der Waals surface area contributed by atoms with Crippen molar-refractivity contribution in [2.75, 3.05) is 10.6 Å². The minimum atomic E-state index is -0.627. The summed E-state index contributed by atoms with van der Waals surface area (Å²) in [6.07, 6.45) is 0. The first-order valence-electron chi connectivity index (χ1n) is 8.62. The molecule has 27 heavy (non-hydrogen) atoms. The molecule has 4 N–H and O–H groups in total. The fourth-order valence-corrected chi connectivity index (χ4v) is 3.02. The van der Waals surface area contributed by atoms with E-state index in [0.29, 0.717) is 16.9 Å². The van der Waals surface area contributed by atoms with Crippen LogP contribution in [-0.4, -0.2) is 16.5 Å². The normalized spacial score (nSPS) is 10.4. The van der Waals surface area contributed by atoms with E-state index in [0.717, 1.165) is 17.9 Å². The van der Waals surface area contributed by atoms with Crippen molar-refractivity contribution in [2.24, 2.45) is 5.73 Å². The molecule has 6 heteroatoms. The molecule has 3 aromatic rings. The van der Waals surface area contributed by atoms with Crippen molar-refractivity contribution in [1.29, 1.82) is 0 Å². The lowest BCUT2D eigenvalue weighted by Gasteiger charge is -2.10. The molecule has 0 aliphatic rings. The Morgan fingerprint density at radius 1 is 0.926 bits per heavy atom. The Morgan fingerprint density at radius 3 is 2.11 bits per heavy atom. The first kappa shape index (κ1) is 18.3. The number of anilines is 2. The van der Waals surface area contributed by atoms with Crippen LogP contribution in [0.3, 0.4) is 0 Å². The molecular weight excluding hydrogens is 340 g/mol. The van der Waals surface area contributed by atoms with E-state index in [4.69, 9.17) is 5.73 Å². The maximum absolute atomic E-state index is 12.7. The minimum Gasteiger partial charge on any atom is -0.351 e. The zero-order chi connectivity index (χ0) is 19.4. The highest BCUT2D eigenvalue weighted by Crippen LogP contribution is 2.20. The Hall–Kier alpha value is -3.54. The number of amides is 3. The van der Waals surface area contributed by atoms with Crippen LogP contribution in [0.2, 0.25) is 0 Å². The Kier molecular flexibility index (Phi) is 5.26. The molecule has 3 amide bonds. The van der Waals surface area contributed by atoms with Gasteiger partial charge in [0.15, 0.2) is 0 Å². The molecule has 0 saturated carbocycles. The molecule has 3 rings (SSSR count). The van der Waals surface area contributed by atoms with Crippen molar-refractivity contribution in [3.05, 3.63) is 83.2 Å². The molecule has 2 aromatic carbocycles. The highest BCUT2D eigenvalue weighted by atomic mass is 16.2. The number of primary amides is 1. The number of urea groups is 1. The summed E-state index contributed by atoms with van der Waals surface area (Å²) >= 11 is 0. The summed E-state index contributed by atoms with van der Waals surface area (Å²) in [7, 11) is 0. The monoisotopic (exact) mass is 362 g/mol. The highest BCUT2D eigenvalue weighted by Gasteiger charge is 2.16. The number of aryl methyl sites for hydroxylation is 1. The van der Waals surface area contributed by atoms with Crippen LogP contribution in [0.15, 0.2) is 60.7 Å². The predicted molar refractivity (Wildman–Crippen MR) is 107 cm³/mol. The lowest BCUT2D eigenvalue weighted by molar-refractivity contribution is 0.102. The number of nitrogens with zero attached hydrogens (tertiary/aromatic N) is 1. The number of nitrogens with one attached hydrogen (secondary N) is 2. The third-order valence-corrected chi connectivity index (χ3v) is 4.41. The predicted octanol–water partition coefficient (Wildman–Crippen LogP) is 3.90. The zero-order valence-electron chi connectivity index (χ0n) is 15.3. The van der Waals surface area contributed by atoms with Crippen LogP contribution in [0, 0.1) is 13.8 Å². The van der Waals surface area contributed by atoms with Crippen LogP contribution in [0.1, 0.15) is 27.3 Å². The molecule has 0 saturated heterocycles. The molecule has 0 radical (unpaired) electrons. The lowest BCUT2D eigenvalue weighted by atomic mass is 10.2. The van der Waals surface area contributed by atoms with E-state index in [1.165, 1.54) is 5.56 Å². The molecule has 1 heterocycles. The Labute approximate surface area is 158 Å². The first-order valence-corrected chi connectivity index (χ1v) is 8.62. The number of hydrogen-bond acceptors (Lipinski definition) is 2. The Balaban J connectivity index is 1.75. The molecular formula is C21H22N4O2. The maximum Gasteiger partial charge on any atom is 0.316 e. The van der Waals surface area contributed by atoms with Gasteiger partial charge in [0.2, 0.25) is 0 Å². The van der Waals surface area contributed by atoms with Crippen molar-refractivity contribution in [3.63, 3.8) is 0 Å². The second-order valence-electron chi connectivity index (χ2n) is 6.38. The summed E-state index contributed by atoms with van der Waals surface area (Å²) < 4.78 is 2.13. The quantitative estimate of drug-likeness (QED) is 0.643. The number of nitrogens with two attached hydrogens (primary N) is 1. The van der Waals surface area contributed by atoms with Crippen LogP contribution in [-0.2, 0) is 6.54 Å². The van der Waals surface area contributed by atoms with E-state index in [1.54, 1.807) is 24.3 Å². The van der Waals surface area contributed by atoms with E-state index in [1.807, 2.05) is 38.1 Å². The third kappa shape index (κ3) is 4.36. The summed E-state index contributed by atoms with van der Waals surface area (Å²) in [6, 6.07) is 18.2. The van der Waals surface area contributed by atoms with E-state index < -0.39 is 6.03 Å². The smallest absolute Gasteiger partial charge is 0.316 e. The van der Waals surface area contributed by atoms with Gasteiger partial charge in [-0.2, -0.15) is 0 Å². The van der Waals surface area contributed by atoms with Crippen LogP contribution >= 0.6 is 0 Å². The fraction of sp³-hybridized carbons (Fsp3) is 0.143. The van der Waals surface area contributed by atoms with Gasteiger partial charge in [0.1, 0.15) is 0 Å². The van der Waals surface area contributed by atoms with Gasteiger partial charge in [0.25, 0.3) is 5.91 Å². The standard InChI is InChI=1S/C21H22N4O2/c1-14-12-19(15(2)25(14)13-16-6-4-3-5-7-16)20(26)23-17-8-10-18(11-9-17)24-21(22)27/h3-12H,13H2,1-2H3,(H,23,26)(H3,22,24,27). The number of hydrogen-bond donors (Lipinski definition) is 3. The van der Waals surface area contributed by atoms with Crippen molar-refractivity contribution in [2.45, 2.75) is 20.4 Å². The zero-order valence-corrected chi connectivity index (χ0v) is 15.3. The first-order chi connectivity index (χ1) is 12.9. The molecule has 0 fully saturated rings. The lowest BCUT2D eigenvalue weighted by Crippen LogP contribution is -2.19. The average Bonchev–Trinajstić information content (AvgIpc) is 2.92. The summed E-state index contributed by atoms with van der Waals surface area (Å²) in [5.41, 5.74) is 10.1. The molecule has 0 atom stereocenters. The van der Waals surface area contributed by atoms with Gasteiger partial charge in [-0.05, 0) is 49.7 Å². The molecule has 0 unspecified atom stereocenters. The fourth-order valence-electron chi connectivity index (χ4n) is 3.02. The van der Waals surface area contributed by atoms with Gasteiger partial charge in [0, 0.05) is 29.3 Å². The SMILES string of the molecule is Cc1cc(C(=O)Nc2ccc(NC(N)=O)cc2)c(C)n1Cc1ccccc1. The van der Waals surface area contributed by atoms with Crippen molar-refractivity contribution in [3.8, 4) is 0 Å². The topological polar surface area (TPSA) is 89.2 Å². The van der Waals surface area contributed by atoms with Crippen LogP contribution in [0.4, 0.5) is 16.2 Å². The number of carbonyl (C=O) groups is 2. The van der Waals surface area contributed by atoms with Crippen LogP contribution in [0.5, 0.6) is 0 Å². The highest BCUT2D eigenvalue weighted by molar-refractivity contribution is 6.05. The summed E-state index contributed by atoms with van der Waals surface area (Å²) in [4.78, 5) is 23.6. The summed E-state index contributed by atoms with van der Waals surface area (Å²) in [6.45, 7) is 4.67. The van der Waals surface area contributed by atoms with Crippen molar-refractivity contribution in [1.82, 2.24) is 4.57 Å². The minimum absolute atomic E-state index is 0.168. The van der Waals surface area contributed by atoms with Gasteiger partial charge >= 0.3 is 6.03 Å². The van der Waals surface area contributed by atoms with E-state index in [9.17, 15) is 9.59 Å². The van der Waals surface area contributed by atoms with Crippen molar-refractivity contribution >= 4 is 23.3 Å². The summed E-state index contributed by atoms with van der Waals surface area (Å²) in [5.74, 6) is -0.168. The van der Waals surface area contributed by atoms with Gasteiger partial charge in [-0.15, -0.1) is 0 Å². The third-order valence-electron chi connectivity index (χ3n) is 4.41. The van der Waals surface area contributed by atoms with E-state index >= 15 is 0 Å². The van der Waals surface area contributed by atoms with Gasteiger partial charge < -0.3 is 20.9 Å². The molecule has 6 nitrogen and oxygen atoms in total. The second kappa shape index (κ2) is 7.78. The van der Waals surface area contributed by atoms with Gasteiger partial charge in [-0.25, -0.2) is 4.79 Å². The molecule has 0 aliphatic carbocycles. The van der Waals surface area contributed by atoms with Gasteiger partial charge in [0.05, 0.1) is 5.56 Å². The Bertz CT molecular complexity index is 960. The second-order valence-corrected chi connectivity index (χ2v) is 6.38.